The second-order valence-electron chi connectivity index (χ2n) is 6.26. The summed E-state index contributed by atoms with van der Waals surface area (Å²) < 4.78 is 5.09. The standard InChI is InChI=1S/C19H17N7O6/c1-32-15-8-2-12(3-9-15)10-20-17-16(26(30)31)18(22-11-21-17)23-24-19(27)13-4-6-14(7-5-13)25(28)29/h2-9,11H,10H2,1H3,(H,24,27)(H2,20,21,22,23). The van der Waals surface area contributed by atoms with Gasteiger partial charge in [-0.2, -0.15) is 0 Å². The number of non-ortho nitro benzene ring substituents is 1. The van der Waals surface area contributed by atoms with Crippen molar-refractivity contribution in [3.63, 3.8) is 0 Å². The van der Waals surface area contributed by atoms with Crippen LogP contribution in [0.1, 0.15) is 15.9 Å². The van der Waals surface area contributed by atoms with Crippen molar-refractivity contribution in [3.05, 3.63) is 86.2 Å². The molecule has 0 aliphatic heterocycles. The van der Waals surface area contributed by atoms with Gasteiger partial charge >= 0.3 is 5.69 Å². The number of amides is 1. The van der Waals surface area contributed by atoms with Gasteiger partial charge < -0.3 is 10.1 Å². The number of hydrazine groups is 1. The van der Waals surface area contributed by atoms with Crippen LogP contribution in [0.5, 0.6) is 5.75 Å². The van der Waals surface area contributed by atoms with Crippen molar-refractivity contribution in [2.75, 3.05) is 17.9 Å². The van der Waals surface area contributed by atoms with Crippen LogP contribution in [0.25, 0.3) is 0 Å². The molecule has 0 radical (unpaired) electrons. The highest BCUT2D eigenvalue weighted by Gasteiger charge is 2.23. The molecule has 32 heavy (non-hydrogen) atoms. The van der Waals surface area contributed by atoms with Gasteiger partial charge in [-0.05, 0) is 29.8 Å². The number of nitro groups is 2. The summed E-state index contributed by atoms with van der Waals surface area (Å²) in [7, 11) is 1.55. The smallest absolute Gasteiger partial charge is 0.354 e. The fourth-order valence-electron chi connectivity index (χ4n) is 2.62. The maximum Gasteiger partial charge on any atom is 0.354 e. The van der Waals surface area contributed by atoms with E-state index in [1.165, 1.54) is 24.3 Å². The Balaban J connectivity index is 1.71. The van der Waals surface area contributed by atoms with Crippen molar-refractivity contribution in [3.8, 4) is 5.75 Å². The lowest BCUT2D eigenvalue weighted by Crippen LogP contribution is -2.30. The number of nitrogens with one attached hydrogen (secondary N) is 3. The summed E-state index contributed by atoms with van der Waals surface area (Å²) in [6.07, 6.45) is 1.10. The van der Waals surface area contributed by atoms with Gasteiger partial charge in [0.05, 0.1) is 17.0 Å². The lowest BCUT2D eigenvalue weighted by atomic mass is 10.2. The summed E-state index contributed by atoms with van der Waals surface area (Å²) in [6, 6.07) is 12.0. The van der Waals surface area contributed by atoms with E-state index >= 15 is 0 Å². The lowest BCUT2D eigenvalue weighted by molar-refractivity contribution is -0.384. The maximum atomic E-state index is 12.2. The fourth-order valence-corrected chi connectivity index (χ4v) is 2.62. The van der Waals surface area contributed by atoms with E-state index in [1.807, 2.05) is 0 Å². The fraction of sp³-hybridized carbons (Fsp3) is 0.105. The number of carbonyl (C=O) groups excluding carboxylic acids is 1. The van der Waals surface area contributed by atoms with Gasteiger partial charge in [0.2, 0.25) is 11.6 Å². The van der Waals surface area contributed by atoms with E-state index in [1.54, 1.807) is 31.4 Å². The summed E-state index contributed by atoms with van der Waals surface area (Å²) in [5.74, 6) is -0.275. The van der Waals surface area contributed by atoms with Gasteiger partial charge in [-0.25, -0.2) is 9.97 Å². The Bertz CT molecular complexity index is 1140. The van der Waals surface area contributed by atoms with Crippen LogP contribution in [0.4, 0.5) is 23.0 Å². The first-order valence-corrected chi connectivity index (χ1v) is 9.06. The van der Waals surface area contributed by atoms with Gasteiger partial charge in [-0.3, -0.25) is 35.9 Å². The molecule has 3 aromatic rings. The molecule has 0 fully saturated rings. The molecule has 1 aromatic heterocycles. The highest BCUT2D eigenvalue weighted by atomic mass is 16.6. The summed E-state index contributed by atoms with van der Waals surface area (Å²) in [5.41, 5.74) is 4.98. The minimum Gasteiger partial charge on any atom is -0.497 e. The highest BCUT2D eigenvalue weighted by Crippen LogP contribution is 2.29. The molecule has 0 aliphatic rings. The number of ether oxygens (including phenoxy) is 1. The molecule has 2 aromatic carbocycles. The molecule has 0 unspecified atom stereocenters. The number of aromatic nitrogens is 2. The van der Waals surface area contributed by atoms with E-state index in [2.05, 4.69) is 26.1 Å². The monoisotopic (exact) mass is 439 g/mol. The minimum absolute atomic E-state index is 0.0482. The predicted octanol–water partition coefficient (Wildman–Crippen LogP) is 2.67. The van der Waals surface area contributed by atoms with Crippen molar-refractivity contribution in [1.29, 1.82) is 0 Å². The average molecular weight is 439 g/mol. The molecule has 0 saturated carbocycles. The Morgan fingerprint density at radius 2 is 1.62 bits per heavy atom. The number of carbonyl (C=O) groups is 1. The van der Waals surface area contributed by atoms with Gasteiger partial charge in [0, 0.05) is 24.2 Å². The second-order valence-corrected chi connectivity index (χ2v) is 6.26. The topological polar surface area (TPSA) is 174 Å². The molecule has 0 spiro atoms. The average Bonchev–Trinajstić information content (AvgIpc) is 2.81. The van der Waals surface area contributed by atoms with E-state index in [-0.39, 0.29) is 29.4 Å². The van der Waals surface area contributed by atoms with Crippen molar-refractivity contribution >= 4 is 28.9 Å². The van der Waals surface area contributed by atoms with Gasteiger partial charge in [-0.1, -0.05) is 12.1 Å². The Labute approximate surface area is 180 Å². The first-order valence-electron chi connectivity index (χ1n) is 9.06. The number of benzene rings is 2. The zero-order valence-corrected chi connectivity index (χ0v) is 16.6. The van der Waals surface area contributed by atoms with E-state index in [9.17, 15) is 25.0 Å². The van der Waals surface area contributed by atoms with Gasteiger partial charge in [-0.15, -0.1) is 0 Å². The first kappa shape index (κ1) is 21.9. The Hall–Kier alpha value is -4.81. The number of hydrogen-bond acceptors (Lipinski definition) is 10. The Kier molecular flexibility index (Phi) is 6.70. The van der Waals surface area contributed by atoms with Gasteiger partial charge in [0.25, 0.3) is 11.6 Å². The van der Waals surface area contributed by atoms with E-state index in [4.69, 9.17) is 4.74 Å². The van der Waals surface area contributed by atoms with E-state index < -0.39 is 21.4 Å². The molecule has 13 nitrogen and oxygen atoms in total. The van der Waals surface area contributed by atoms with Crippen LogP contribution >= 0.6 is 0 Å². The summed E-state index contributed by atoms with van der Waals surface area (Å²) in [4.78, 5) is 41.0. The lowest BCUT2D eigenvalue weighted by Gasteiger charge is -2.11. The van der Waals surface area contributed by atoms with Crippen LogP contribution in [-0.2, 0) is 6.54 Å². The number of nitro benzene ring substituents is 1. The van der Waals surface area contributed by atoms with E-state index in [0.717, 1.165) is 11.9 Å². The van der Waals surface area contributed by atoms with Crippen LogP contribution in [0.2, 0.25) is 0 Å². The Morgan fingerprint density at radius 3 is 2.22 bits per heavy atom. The summed E-state index contributed by atoms with van der Waals surface area (Å²) in [6.45, 7) is 0.246. The third-order valence-corrected chi connectivity index (χ3v) is 4.26. The predicted molar refractivity (Wildman–Crippen MR) is 113 cm³/mol. The molecular formula is C19H17N7O6. The van der Waals surface area contributed by atoms with Crippen molar-refractivity contribution in [1.82, 2.24) is 15.4 Å². The van der Waals surface area contributed by atoms with Crippen molar-refractivity contribution in [2.24, 2.45) is 0 Å². The second kappa shape index (κ2) is 9.80. The number of methoxy groups -OCH3 is 1. The molecule has 1 heterocycles. The molecule has 164 valence electrons. The number of anilines is 2. The van der Waals surface area contributed by atoms with Crippen LogP contribution in [0.15, 0.2) is 54.9 Å². The highest BCUT2D eigenvalue weighted by molar-refractivity contribution is 5.95. The molecular weight excluding hydrogens is 422 g/mol. The Morgan fingerprint density at radius 1 is 0.969 bits per heavy atom. The SMILES string of the molecule is COc1ccc(CNc2ncnc(NNC(=O)c3ccc([N+](=O)[O-])cc3)c2[N+](=O)[O-])cc1. The molecule has 0 bridgehead atoms. The third kappa shape index (κ3) is 5.21. The van der Waals surface area contributed by atoms with Crippen LogP contribution < -0.4 is 20.9 Å². The molecule has 1 amide bonds. The van der Waals surface area contributed by atoms with Crippen LogP contribution in [0.3, 0.4) is 0 Å². The molecule has 0 aliphatic carbocycles. The summed E-state index contributed by atoms with van der Waals surface area (Å²) >= 11 is 0. The molecule has 0 saturated heterocycles. The molecule has 13 heteroatoms. The van der Waals surface area contributed by atoms with E-state index in [0.29, 0.717) is 5.75 Å². The number of hydrogen-bond donors (Lipinski definition) is 3. The quantitative estimate of drug-likeness (QED) is 0.332. The largest absolute Gasteiger partial charge is 0.497 e. The zero-order chi connectivity index (χ0) is 23.1. The summed E-state index contributed by atoms with van der Waals surface area (Å²) in [5, 5.41) is 25.2. The molecule has 3 rings (SSSR count). The number of nitrogens with zero attached hydrogens (tertiary/aromatic N) is 4. The third-order valence-electron chi connectivity index (χ3n) is 4.26. The van der Waals surface area contributed by atoms with Crippen LogP contribution in [-0.4, -0.2) is 32.8 Å². The molecule has 3 N–H and O–H groups in total. The molecule has 0 atom stereocenters. The van der Waals surface area contributed by atoms with Crippen molar-refractivity contribution in [2.45, 2.75) is 6.54 Å². The van der Waals surface area contributed by atoms with Gasteiger partial charge in [0.1, 0.15) is 12.1 Å². The first-order chi connectivity index (χ1) is 15.4. The van der Waals surface area contributed by atoms with Crippen LogP contribution in [0, 0.1) is 20.2 Å². The maximum absolute atomic E-state index is 12.2. The van der Waals surface area contributed by atoms with Crippen molar-refractivity contribution < 1.29 is 19.4 Å². The minimum atomic E-state index is -0.684. The number of rotatable bonds is 9. The normalized spacial score (nSPS) is 10.2. The van der Waals surface area contributed by atoms with Gasteiger partial charge in [0.15, 0.2) is 0 Å². The zero-order valence-electron chi connectivity index (χ0n) is 16.6.